The van der Waals surface area contributed by atoms with Gasteiger partial charge in [-0.15, -0.1) is 0 Å². The second kappa shape index (κ2) is 10.6. The van der Waals surface area contributed by atoms with E-state index in [-0.39, 0.29) is 41.3 Å². The lowest BCUT2D eigenvalue weighted by atomic mass is 10.0. The molecular weight excluding hydrogens is 473 g/mol. The van der Waals surface area contributed by atoms with Crippen LogP contribution in [0.2, 0.25) is 0 Å². The minimum atomic E-state index is -3.92. The van der Waals surface area contributed by atoms with Crippen LogP contribution in [0.4, 0.5) is 4.39 Å². The molecule has 0 aliphatic carbocycles. The SMILES string of the molecule is N#Cc1cc(-c2ccccc2)ccc1S(=O)(=O)N1CCC(O)(CO)C1.N#Cc1ccc(O)cc1F. The fraction of sp³-hybridized carbons (Fsp3) is 0.200. The second-order valence-electron chi connectivity index (χ2n) is 7.94. The molecule has 4 rings (SSSR count). The summed E-state index contributed by atoms with van der Waals surface area (Å²) in [6, 6.07) is 21.0. The molecule has 3 aromatic rings. The van der Waals surface area contributed by atoms with Gasteiger partial charge in [0.25, 0.3) is 0 Å². The van der Waals surface area contributed by atoms with Crippen molar-refractivity contribution in [3.63, 3.8) is 0 Å². The molecule has 1 fully saturated rings. The smallest absolute Gasteiger partial charge is 0.244 e. The predicted octanol–water partition coefficient (Wildman–Crippen LogP) is 2.75. The molecule has 0 aromatic heterocycles. The zero-order valence-corrected chi connectivity index (χ0v) is 19.3. The number of sulfonamides is 1. The Morgan fingerprint density at radius 3 is 2.23 bits per heavy atom. The zero-order valence-electron chi connectivity index (χ0n) is 18.5. The first kappa shape index (κ1) is 25.8. The van der Waals surface area contributed by atoms with E-state index in [1.165, 1.54) is 18.2 Å². The Balaban J connectivity index is 0.000000287. The highest BCUT2D eigenvalue weighted by Crippen LogP contribution is 2.30. The quantitative estimate of drug-likeness (QED) is 0.504. The highest BCUT2D eigenvalue weighted by Gasteiger charge is 2.42. The van der Waals surface area contributed by atoms with E-state index in [2.05, 4.69) is 0 Å². The summed E-state index contributed by atoms with van der Waals surface area (Å²) in [5.74, 6) is -0.862. The number of phenols is 1. The van der Waals surface area contributed by atoms with Gasteiger partial charge in [-0.3, -0.25) is 0 Å². The Hall–Kier alpha value is -3.80. The van der Waals surface area contributed by atoms with Gasteiger partial charge in [0.05, 0.1) is 22.6 Å². The maximum absolute atomic E-state index is 12.8. The van der Waals surface area contributed by atoms with Gasteiger partial charge in [0, 0.05) is 19.2 Å². The number of β-amino-alcohol motifs (C(OH)–C–C–N with tert-alkyl or cyclic N) is 1. The highest BCUT2D eigenvalue weighted by atomic mass is 32.2. The summed E-state index contributed by atoms with van der Waals surface area (Å²) in [7, 11) is -3.92. The number of nitriles is 2. The molecule has 0 radical (unpaired) electrons. The molecule has 3 aromatic carbocycles. The highest BCUT2D eigenvalue weighted by molar-refractivity contribution is 7.89. The van der Waals surface area contributed by atoms with Crippen molar-refractivity contribution in [2.24, 2.45) is 0 Å². The molecule has 3 N–H and O–H groups in total. The Morgan fingerprint density at radius 1 is 0.971 bits per heavy atom. The van der Waals surface area contributed by atoms with E-state index in [4.69, 9.17) is 10.4 Å². The van der Waals surface area contributed by atoms with Crippen LogP contribution in [0.3, 0.4) is 0 Å². The average molecular weight is 496 g/mol. The molecule has 1 aliphatic rings. The van der Waals surface area contributed by atoms with Crippen molar-refractivity contribution in [3.05, 3.63) is 83.7 Å². The van der Waals surface area contributed by atoms with Crippen molar-refractivity contribution in [1.82, 2.24) is 4.31 Å². The maximum atomic E-state index is 12.8. The molecule has 1 aliphatic heterocycles. The number of hydrogen-bond acceptors (Lipinski definition) is 7. The van der Waals surface area contributed by atoms with E-state index in [1.54, 1.807) is 18.2 Å². The summed E-state index contributed by atoms with van der Waals surface area (Å²) in [6.45, 7) is -0.584. The van der Waals surface area contributed by atoms with Gasteiger partial charge in [0.15, 0.2) is 0 Å². The van der Waals surface area contributed by atoms with Gasteiger partial charge in [-0.2, -0.15) is 14.8 Å². The number of halogens is 1. The Kier molecular flexibility index (Phi) is 7.85. The lowest BCUT2D eigenvalue weighted by Gasteiger charge is -2.21. The van der Waals surface area contributed by atoms with Crippen LogP contribution in [-0.4, -0.2) is 53.3 Å². The summed E-state index contributed by atoms with van der Waals surface area (Å²) in [4.78, 5) is -0.0862. The van der Waals surface area contributed by atoms with Crippen molar-refractivity contribution in [1.29, 1.82) is 10.5 Å². The number of aromatic hydroxyl groups is 1. The van der Waals surface area contributed by atoms with E-state index in [9.17, 15) is 28.3 Å². The summed E-state index contributed by atoms with van der Waals surface area (Å²) in [6.07, 6.45) is 0.159. The minimum absolute atomic E-state index is 0.0563. The Bertz CT molecular complexity index is 1400. The lowest BCUT2D eigenvalue weighted by molar-refractivity contribution is -0.000735. The zero-order chi connectivity index (χ0) is 25.6. The van der Waals surface area contributed by atoms with E-state index in [1.807, 2.05) is 36.4 Å². The molecule has 1 atom stereocenters. The number of aliphatic hydroxyl groups is 2. The molecule has 0 amide bonds. The Morgan fingerprint density at radius 2 is 1.66 bits per heavy atom. The van der Waals surface area contributed by atoms with Crippen molar-refractivity contribution in [2.45, 2.75) is 16.9 Å². The molecule has 35 heavy (non-hydrogen) atoms. The van der Waals surface area contributed by atoms with Gasteiger partial charge in [-0.1, -0.05) is 36.4 Å². The van der Waals surface area contributed by atoms with Crippen LogP contribution in [0.5, 0.6) is 5.75 Å². The number of nitrogens with zero attached hydrogens (tertiary/aromatic N) is 3. The van der Waals surface area contributed by atoms with Gasteiger partial charge in [0.1, 0.15) is 29.3 Å². The normalized spacial score (nSPS) is 17.6. The minimum Gasteiger partial charge on any atom is -0.508 e. The third-order valence-electron chi connectivity index (χ3n) is 5.49. The van der Waals surface area contributed by atoms with Gasteiger partial charge in [-0.25, -0.2) is 12.8 Å². The molecule has 0 spiro atoms. The van der Waals surface area contributed by atoms with E-state index >= 15 is 0 Å². The third kappa shape index (κ3) is 5.83. The molecule has 8 nitrogen and oxygen atoms in total. The number of aliphatic hydroxyl groups excluding tert-OH is 1. The van der Waals surface area contributed by atoms with Gasteiger partial charge >= 0.3 is 0 Å². The van der Waals surface area contributed by atoms with Crippen LogP contribution in [-0.2, 0) is 10.0 Å². The van der Waals surface area contributed by atoms with Crippen molar-refractivity contribution in [3.8, 4) is 29.0 Å². The molecule has 1 heterocycles. The molecule has 1 saturated heterocycles. The lowest BCUT2D eigenvalue weighted by Crippen LogP contribution is -2.38. The van der Waals surface area contributed by atoms with Gasteiger partial charge in [-0.05, 0) is 41.8 Å². The topological polar surface area (TPSA) is 146 Å². The molecule has 0 saturated carbocycles. The largest absolute Gasteiger partial charge is 0.508 e. The third-order valence-corrected chi connectivity index (χ3v) is 7.39. The first-order valence-electron chi connectivity index (χ1n) is 10.4. The average Bonchev–Trinajstić information content (AvgIpc) is 3.28. The molecule has 10 heteroatoms. The van der Waals surface area contributed by atoms with Crippen LogP contribution in [0.25, 0.3) is 11.1 Å². The van der Waals surface area contributed by atoms with Crippen molar-refractivity contribution >= 4 is 10.0 Å². The summed E-state index contributed by atoms with van der Waals surface area (Å²) in [5, 5.41) is 45.6. The fourth-order valence-corrected chi connectivity index (χ4v) is 5.18. The first-order valence-corrected chi connectivity index (χ1v) is 11.9. The summed E-state index contributed by atoms with van der Waals surface area (Å²) in [5.41, 5.74) is 0.214. The van der Waals surface area contributed by atoms with E-state index in [0.29, 0.717) is 0 Å². The van der Waals surface area contributed by atoms with Gasteiger partial charge in [0.2, 0.25) is 10.0 Å². The monoisotopic (exact) mass is 495 g/mol. The second-order valence-corrected chi connectivity index (χ2v) is 9.84. The molecule has 1 unspecified atom stereocenters. The standard InChI is InChI=1S/C18H18N2O4S.C7H4FNO/c19-11-16-10-15(14-4-2-1-3-5-14)6-7-17(16)25(23,24)20-9-8-18(22,12-20)13-21;8-7-3-6(10)2-1-5(7)4-9/h1-7,10,21-22H,8-9,12-13H2;1-3,10H. The molecular formula is C25H22FN3O5S. The van der Waals surface area contributed by atoms with E-state index in [0.717, 1.165) is 21.5 Å². The number of hydrogen-bond donors (Lipinski definition) is 3. The van der Waals surface area contributed by atoms with Crippen LogP contribution >= 0.6 is 0 Å². The Labute approximate surface area is 202 Å². The summed E-state index contributed by atoms with van der Waals surface area (Å²) < 4.78 is 39.3. The molecule has 180 valence electrons. The number of rotatable bonds is 4. The fourth-order valence-electron chi connectivity index (χ4n) is 3.54. The van der Waals surface area contributed by atoms with Gasteiger partial charge < -0.3 is 15.3 Å². The number of phenolic OH excluding ortho intramolecular Hbond substituents is 1. The van der Waals surface area contributed by atoms with Crippen LogP contribution in [0.1, 0.15) is 17.5 Å². The van der Waals surface area contributed by atoms with Crippen LogP contribution < -0.4 is 0 Å². The summed E-state index contributed by atoms with van der Waals surface area (Å²) >= 11 is 0. The van der Waals surface area contributed by atoms with Crippen molar-refractivity contribution < 1.29 is 28.1 Å². The van der Waals surface area contributed by atoms with E-state index < -0.39 is 28.0 Å². The number of benzene rings is 3. The van der Waals surface area contributed by atoms with Crippen LogP contribution in [0, 0.1) is 28.5 Å². The molecule has 0 bridgehead atoms. The van der Waals surface area contributed by atoms with Crippen molar-refractivity contribution in [2.75, 3.05) is 19.7 Å². The predicted molar refractivity (Wildman–Crippen MR) is 125 cm³/mol. The maximum Gasteiger partial charge on any atom is 0.244 e. The van der Waals surface area contributed by atoms with Crippen LogP contribution in [0.15, 0.2) is 71.6 Å². The first-order chi connectivity index (χ1) is 16.6.